The van der Waals surface area contributed by atoms with Crippen LogP contribution < -0.4 is 27.4 Å². The summed E-state index contributed by atoms with van der Waals surface area (Å²) in [5, 5.41) is 27.6. The maximum Gasteiger partial charge on any atom is 0.327 e. The number of H-pyrrole nitrogens is 1. The number of fused-ring (bicyclic) bond motifs is 1. The Hall–Kier alpha value is -3.13. The highest BCUT2D eigenvalue weighted by atomic mass is 32.1. The molecule has 3 amide bonds. The maximum absolute atomic E-state index is 13.0. The highest BCUT2D eigenvalue weighted by Crippen LogP contribution is 2.18. The lowest BCUT2D eigenvalue weighted by atomic mass is 10.0. The third kappa shape index (κ3) is 8.74. The van der Waals surface area contributed by atoms with Crippen LogP contribution in [0.5, 0.6) is 0 Å². The molecule has 0 bridgehead atoms. The summed E-state index contributed by atoms with van der Waals surface area (Å²) in [4.78, 5) is 52.9. The molecule has 1 aromatic carbocycles. The van der Waals surface area contributed by atoms with Crippen molar-refractivity contribution in [2.24, 2.45) is 11.5 Å². The van der Waals surface area contributed by atoms with Gasteiger partial charge in [-0.1, -0.05) is 18.2 Å². The molecule has 2 aromatic rings. The predicted molar refractivity (Wildman–Crippen MR) is 142 cm³/mol. The smallest absolute Gasteiger partial charge is 0.327 e. The van der Waals surface area contributed by atoms with Gasteiger partial charge < -0.3 is 42.6 Å². The van der Waals surface area contributed by atoms with Crippen molar-refractivity contribution in [3.8, 4) is 0 Å². The van der Waals surface area contributed by atoms with Crippen molar-refractivity contribution in [2.45, 2.75) is 62.9 Å². The van der Waals surface area contributed by atoms with Gasteiger partial charge in [0.25, 0.3) is 0 Å². The van der Waals surface area contributed by atoms with E-state index in [4.69, 9.17) is 11.5 Å². The standard InChI is InChI=1S/C24H36N6O6S/c1-13(31)20(30-21(32)16(26)10-14-11-27-17-7-3-2-6-15(14)17)23(34)28-18(8-4-5-9-25)22(33)29-19(12-37)24(35)36/h2-3,6-7,11,13,16,18-20,27,31,37H,4-5,8-10,12,25-26H2,1H3,(H,28,34)(H,29,33)(H,30,32)(H,35,36). The molecule has 0 spiro atoms. The third-order valence-electron chi connectivity index (χ3n) is 5.89. The van der Waals surface area contributed by atoms with Gasteiger partial charge in [0.15, 0.2) is 0 Å². The molecule has 5 atom stereocenters. The van der Waals surface area contributed by atoms with Gasteiger partial charge in [-0.2, -0.15) is 12.6 Å². The molecule has 12 nitrogen and oxygen atoms in total. The number of benzene rings is 1. The van der Waals surface area contributed by atoms with E-state index in [1.54, 1.807) is 6.20 Å². The lowest BCUT2D eigenvalue weighted by Gasteiger charge is -2.26. The van der Waals surface area contributed by atoms with E-state index in [9.17, 15) is 29.4 Å². The maximum atomic E-state index is 13.0. The van der Waals surface area contributed by atoms with Crippen LogP contribution in [0.2, 0.25) is 0 Å². The topological polar surface area (TPSA) is 213 Å². The minimum absolute atomic E-state index is 0.148. The van der Waals surface area contributed by atoms with Crippen LogP contribution in [0.25, 0.3) is 10.9 Å². The summed E-state index contributed by atoms with van der Waals surface area (Å²) in [6.07, 6.45) is 1.88. The Bertz CT molecular complexity index is 1080. The van der Waals surface area contributed by atoms with E-state index in [0.717, 1.165) is 16.5 Å². The van der Waals surface area contributed by atoms with Crippen LogP contribution >= 0.6 is 12.6 Å². The molecule has 0 radical (unpaired) electrons. The average Bonchev–Trinajstić information content (AvgIpc) is 3.27. The largest absolute Gasteiger partial charge is 0.480 e. The van der Waals surface area contributed by atoms with Crippen molar-refractivity contribution in [3.63, 3.8) is 0 Å². The number of aliphatic hydroxyl groups is 1. The number of nitrogens with two attached hydrogens (primary N) is 2. The third-order valence-corrected chi connectivity index (χ3v) is 6.26. The molecule has 0 saturated heterocycles. The van der Waals surface area contributed by atoms with E-state index >= 15 is 0 Å². The predicted octanol–water partition coefficient (Wildman–Crippen LogP) is -0.984. The number of amides is 3. The summed E-state index contributed by atoms with van der Waals surface area (Å²) in [7, 11) is 0. The first kappa shape index (κ1) is 30.1. The second-order valence-electron chi connectivity index (χ2n) is 8.82. The number of carboxylic acids is 1. The van der Waals surface area contributed by atoms with Gasteiger partial charge >= 0.3 is 5.97 Å². The molecule has 13 heteroatoms. The van der Waals surface area contributed by atoms with Crippen molar-refractivity contribution in [1.29, 1.82) is 0 Å². The number of carbonyl (C=O) groups excluding carboxylic acids is 3. The Morgan fingerprint density at radius 3 is 2.32 bits per heavy atom. The van der Waals surface area contributed by atoms with Gasteiger partial charge in [-0.15, -0.1) is 0 Å². The number of aliphatic carboxylic acids is 1. The Kier molecular flexibility index (Phi) is 11.9. The van der Waals surface area contributed by atoms with E-state index in [1.165, 1.54) is 6.92 Å². The second-order valence-corrected chi connectivity index (χ2v) is 9.19. The fourth-order valence-corrected chi connectivity index (χ4v) is 4.02. The van der Waals surface area contributed by atoms with Crippen LogP contribution in [-0.4, -0.2) is 81.5 Å². The van der Waals surface area contributed by atoms with Gasteiger partial charge in [-0.3, -0.25) is 14.4 Å². The van der Waals surface area contributed by atoms with Gasteiger partial charge in [-0.05, 0) is 50.8 Å². The van der Waals surface area contributed by atoms with E-state index in [-0.39, 0.29) is 18.6 Å². The molecule has 0 aliphatic carbocycles. The number of carbonyl (C=O) groups is 4. The number of aliphatic hydroxyl groups excluding tert-OH is 1. The highest BCUT2D eigenvalue weighted by Gasteiger charge is 2.32. The summed E-state index contributed by atoms with van der Waals surface area (Å²) >= 11 is 3.93. The number of aromatic amines is 1. The molecular weight excluding hydrogens is 500 g/mol. The number of para-hydroxylation sites is 1. The summed E-state index contributed by atoms with van der Waals surface area (Å²) in [6, 6.07) is 2.77. The van der Waals surface area contributed by atoms with Crippen LogP contribution in [-0.2, 0) is 25.6 Å². The van der Waals surface area contributed by atoms with Crippen LogP contribution in [0, 0.1) is 0 Å². The summed E-state index contributed by atoms with van der Waals surface area (Å²) in [6.45, 7) is 1.69. The molecule has 0 aliphatic rings. The van der Waals surface area contributed by atoms with E-state index in [0.29, 0.717) is 19.4 Å². The first-order valence-corrected chi connectivity index (χ1v) is 12.7. The van der Waals surface area contributed by atoms with Gasteiger partial charge in [0.05, 0.1) is 12.1 Å². The van der Waals surface area contributed by atoms with Gasteiger partial charge in [0.2, 0.25) is 17.7 Å². The van der Waals surface area contributed by atoms with Crippen LogP contribution in [0.15, 0.2) is 30.5 Å². The zero-order valence-corrected chi connectivity index (χ0v) is 21.5. The number of unbranched alkanes of at least 4 members (excludes halogenated alkanes) is 1. The fourth-order valence-electron chi connectivity index (χ4n) is 3.78. The van der Waals surface area contributed by atoms with E-state index in [1.807, 2.05) is 24.3 Å². The number of hydrogen-bond donors (Lipinski definition) is 9. The molecule has 0 saturated carbocycles. The lowest BCUT2D eigenvalue weighted by molar-refractivity contribution is -0.141. The molecule has 204 valence electrons. The van der Waals surface area contributed by atoms with Crippen molar-refractivity contribution in [2.75, 3.05) is 12.3 Å². The quantitative estimate of drug-likeness (QED) is 0.102. The number of aromatic nitrogens is 1. The normalized spacial score (nSPS) is 15.3. The molecule has 0 fully saturated rings. The Morgan fingerprint density at radius 1 is 1.03 bits per heavy atom. The molecule has 1 aromatic heterocycles. The van der Waals surface area contributed by atoms with E-state index in [2.05, 4.69) is 33.6 Å². The Morgan fingerprint density at radius 2 is 1.70 bits per heavy atom. The molecule has 5 unspecified atom stereocenters. The minimum Gasteiger partial charge on any atom is -0.480 e. The zero-order valence-electron chi connectivity index (χ0n) is 20.6. The second kappa shape index (κ2) is 14.6. The molecular formula is C24H36N6O6S. The van der Waals surface area contributed by atoms with Crippen molar-refractivity contribution in [1.82, 2.24) is 20.9 Å². The first-order valence-electron chi connectivity index (χ1n) is 12.0. The zero-order chi connectivity index (χ0) is 27.5. The SMILES string of the molecule is CC(O)C(NC(=O)C(N)Cc1c[nH]c2ccccc12)C(=O)NC(CCCCN)C(=O)NC(CS)C(=O)O. The van der Waals surface area contributed by atoms with Crippen molar-refractivity contribution < 1.29 is 29.4 Å². The molecule has 37 heavy (non-hydrogen) atoms. The van der Waals surface area contributed by atoms with Gasteiger partial charge in [0.1, 0.15) is 18.1 Å². The van der Waals surface area contributed by atoms with Crippen LogP contribution in [0.1, 0.15) is 31.7 Å². The number of nitrogens with one attached hydrogen (secondary N) is 4. The number of rotatable bonds is 15. The highest BCUT2D eigenvalue weighted by molar-refractivity contribution is 7.80. The van der Waals surface area contributed by atoms with Gasteiger partial charge in [-0.25, -0.2) is 4.79 Å². The molecule has 2 rings (SSSR count). The fraction of sp³-hybridized carbons (Fsp3) is 0.500. The lowest BCUT2D eigenvalue weighted by Crippen LogP contribution is -2.60. The summed E-state index contributed by atoms with van der Waals surface area (Å²) in [5.74, 6) is -3.61. The summed E-state index contributed by atoms with van der Waals surface area (Å²) < 4.78 is 0. The number of hydrogen-bond acceptors (Lipinski definition) is 8. The molecule has 10 N–H and O–H groups in total. The molecule has 0 aliphatic heterocycles. The van der Waals surface area contributed by atoms with Crippen molar-refractivity contribution >= 4 is 47.2 Å². The van der Waals surface area contributed by atoms with E-state index < -0.39 is 54.0 Å². The monoisotopic (exact) mass is 536 g/mol. The Balaban J connectivity index is 2.08. The van der Waals surface area contributed by atoms with Gasteiger partial charge in [0, 0.05) is 22.9 Å². The number of carboxylic acid groups (broad SMARTS) is 1. The molecule has 1 heterocycles. The minimum atomic E-state index is -1.40. The van der Waals surface area contributed by atoms with Crippen molar-refractivity contribution in [3.05, 3.63) is 36.0 Å². The number of thiol groups is 1. The van der Waals surface area contributed by atoms with Crippen LogP contribution in [0.4, 0.5) is 0 Å². The summed E-state index contributed by atoms with van der Waals surface area (Å²) in [5.41, 5.74) is 13.3. The Labute approximate surface area is 220 Å². The van der Waals surface area contributed by atoms with Crippen LogP contribution in [0.3, 0.4) is 0 Å². The average molecular weight is 537 g/mol. The first-order chi connectivity index (χ1) is 17.6.